The molecular weight excluding hydrogens is 272 g/mol. The smallest absolute Gasteiger partial charge is 0.339 e. The van der Waals surface area contributed by atoms with E-state index in [0.717, 1.165) is 6.42 Å². The van der Waals surface area contributed by atoms with Crippen molar-refractivity contribution in [1.82, 2.24) is 0 Å². The molecule has 1 unspecified atom stereocenters. The van der Waals surface area contributed by atoms with E-state index < -0.39 is 21.5 Å². The van der Waals surface area contributed by atoms with Crippen molar-refractivity contribution in [3.63, 3.8) is 0 Å². The first kappa shape index (κ1) is 16.2. The van der Waals surface area contributed by atoms with Gasteiger partial charge in [0.25, 0.3) is 0 Å². The second kappa shape index (κ2) is 8.32. The first-order valence-electron chi connectivity index (χ1n) is 6.72. The van der Waals surface area contributed by atoms with Gasteiger partial charge in [-0.3, -0.25) is 0 Å². The van der Waals surface area contributed by atoms with Crippen molar-refractivity contribution in [2.45, 2.75) is 25.6 Å². The van der Waals surface area contributed by atoms with Crippen LogP contribution in [0.2, 0.25) is 6.55 Å². The summed E-state index contributed by atoms with van der Waals surface area (Å²) in [5.41, 5.74) is 0.481. The van der Waals surface area contributed by atoms with Crippen LogP contribution in [0.4, 0.5) is 0 Å². The van der Waals surface area contributed by atoms with Crippen molar-refractivity contribution in [3.05, 3.63) is 48.0 Å². The van der Waals surface area contributed by atoms with Gasteiger partial charge in [0.1, 0.15) is 6.61 Å². The fourth-order valence-electron chi connectivity index (χ4n) is 1.72. The van der Waals surface area contributed by atoms with Crippen LogP contribution < -0.4 is 0 Å². The predicted octanol–water partition coefficient (Wildman–Crippen LogP) is 2.14. The summed E-state index contributed by atoms with van der Waals surface area (Å²) in [7, 11) is -0.437. The Morgan fingerprint density at radius 3 is 2.40 bits per heavy atom. The van der Waals surface area contributed by atoms with Gasteiger partial charge in [0.15, 0.2) is 0 Å². The van der Waals surface area contributed by atoms with E-state index in [4.69, 9.17) is 9.47 Å². The van der Waals surface area contributed by atoms with Crippen LogP contribution in [0.3, 0.4) is 0 Å². The van der Waals surface area contributed by atoms with Gasteiger partial charge in [0, 0.05) is 0 Å². The molecule has 0 spiro atoms. The maximum atomic E-state index is 12.1. The Morgan fingerprint density at radius 1 is 1.30 bits per heavy atom. The first-order chi connectivity index (χ1) is 9.63. The van der Waals surface area contributed by atoms with Crippen molar-refractivity contribution in [1.29, 1.82) is 0 Å². The highest BCUT2D eigenvalue weighted by Gasteiger charge is 2.20. The van der Waals surface area contributed by atoms with Crippen LogP contribution in [0, 0.1) is 0 Å². The molecule has 5 heteroatoms. The van der Waals surface area contributed by atoms with Crippen LogP contribution in [0.15, 0.2) is 36.9 Å². The Bertz CT molecular complexity index is 481. The van der Waals surface area contributed by atoms with E-state index in [1.807, 2.05) is 6.92 Å². The Labute approximate surface area is 121 Å². The number of hydrogen-bond acceptors (Lipinski definition) is 4. The lowest BCUT2D eigenvalue weighted by Crippen LogP contribution is -2.23. The third kappa shape index (κ3) is 4.34. The summed E-state index contributed by atoms with van der Waals surface area (Å²) in [5.74, 6) is -1.00. The van der Waals surface area contributed by atoms with Gasteiger partial charge in [-0.1, -0.05) is 38.3 Å². The normalized spacial score (nSPS) is 12.1. The minimum Gasteiger partial charge on any atom is -0.463 e. The third-order valence-electron chi connectivity index (χ3n) is 2.88. The van der Waals surface area contributed by atoms with Gasteiger partial charge in [-0.15, -0.1) is 0 Å². The van der Waals surface area contributed by atoms with Gasteiger partial charge in [-0.2, -0.15) is 0 Å². The lowest BCUT2D eigenvalue weighted by molar-refractivity contribution is 0.0420. The van der Waals surface area contributed by atoms with Gasteiger partial charge < -0.3 is 9.47 Å². The standard InChI is InChI=1S/C15H20O4Si/c1-4-10-18-14(16)11-8-6-7-9-12(11)15(17)19-13(5-2)20-3/h4,6-9,13H,1,5,10,20H2,2-3H3. The fraction of sp³-hybridized carbons (Fsp3) is 0.333. The number of benzene rings is 1. The molecule has 0 aliphatic rings. The van der Waals surface area contributed by atoms with E-state index in [1.165, 1.54) is 6.08 Å². The van der Waals surface area contributed by atoms with Gasteiger partial charge in [0.2, 0.25) is 0 Å². The van der Waals surface area contributed by atoms with Crippen LogP contribution in [0.5, 0.6) is 0 Å². The van der Waals surface area contributed by atoms with E-state index in [9.17, 15) is 9.59 Å². The van der Waals surface area contributed by atoms with E-state index in [1.54, 1.807) is 24.3 Å². The summed E-state index contributed by atoms with van der Waals surface area (Å²) in [5, 5.41) is 0. The molecule has 0 bridgehead atoms. The van der Waals surface area contributed by atoms with E-state index >= 15 is 0 Å². The quantitative estimate of drug-likeness (QED) is 0.439. The Kier molecular flexibility index (Phi) is 6.73. The van der Waals surface area contributed by atoms with Crippen LogP contribution in [-0.4, -0.2) is 33.8 Å². The molecule has 0 aromatic heterocycles. The highest BCUT2D eigenvalue weighted by molar-refractivity contribution is 6.35. The number of ether oxygens (including phenoxy) is 2. The minimum atomic E-state index is -0.542. The maximum absolute atomic E-state index is 12.1. The Morgan fingerprint density at radius 2 is 1.90 bits per heavy atom. The van der Waals surface area contributed by atoms with Crippen molar-refractivity contribution < 1.29 is 19.1 Å². The second-order valence-corrected chi connectivity index (χ2v) is 6.00. The van der Waals surface area contributed by atoms with Gasteiger partial charge in [0.05, 0.1) is 26.4 Å². The summed E-state index contributed by atoms with van der Waals surface area (Å²) in [4.78, 5) is 24.0. The molecule has 1 aromatic rings. The van der Waals surface area contributed by atoms with Crippen molar-refractivity contribution in [2.24, 2.45) is 0 Å². The van der Waals surface area contributed by atoms with Crippen LogP contribution in [0.25, 0.3) is 0 Å². The topological polar surface area (TPSA) is 52.6 Å². The highest BCUT2D eigenvalue weighted by atomic mass is 28.2. The summed E-state index contributed by atoms with van der Waals surface area (Å²) in [6.45, 7) is 7.67. The third-order valence-corrected chi connectivity index (χ3v) is 4.54. The largest absolute Gasteiger partial charge is 0.463 e. The number of carbonyl (C=O) groups excluding carboxylic acids is 2. The average Bonchev–Trinajstić information content (AvgIpc) is 2.49. The van der Waals surface area contributed by atoms with E-state index in [2.05, 4.69) is 13.1 Å². The fourth-order valence-corrected chi connectivity index (χ4v) is 2.62. The molecule has 1 atom stereocenters. The van der Waals surface area contributed by atoms with Gasteiger partial charge in [-0.05, 0) is 18.6 Å². The Hall–Kier alpha value is -1.88. The summed E-state index contributed by atoms with van der Waals surface area (Å²) < 4.78 is 10.4. The Balaban J connectivity index is 2.91. The van der Waals surface area contributed by atoms with Crippen LogP contribution >= 0.6 is 0 Å². The highest BCUT2D eigenvalue weighted by Crippen LogP contribution is 2.13. The van der Waals surface area contributed by atoms with Crippen LogP contribution in [-0.2, 0) is 9.47 Å². The molecular formula is C15H20O4Si. The SMILES string of the molecule is C=CCOC(=O)c1ccccc1C(=O)OC(CC)[SiH2]C. The van der Waals surface area contributed by atoms with Gasteiger partial charge >= 0.3 is 11.9 Å². The molecule has 0 amide bonds. The van der Waals surface area contributed by atoms with Crippen molar-refractivity contribution >= 4 is 21.5 Å². The second-order valence-electron chi connectivity index (χ2n) is 4.28. The first-order valence-corrected chi connectivity index (χ1v) is 8.95. The zero-order chi connectivity index (χ0) is 15.0. The maximum Gasteiger partial charge on any atom is 0.339 e. The molecule has 4 nitrogen and oxygen atoms in total. The molecule has 0 saturated carbocycles. The number of rotatable bonds is 7. The number of hydrogen-bond donors (Lipinski definition) is 0. The monoisotopic (exact) mass is 292 g/mol. The molecule has 0 aliphatic carbocycles. The lowest BCUT2D eigenvalue weighted by Gasteiger charge is -2.15. The van der Waals surface area contributed by atoms with Crippen LogP contribution in [0.1, 0.15) is 34.1 Å². The molecule has 1 rings (SSSR count). The molecule has 0 fully saturated rings. The average molecular weight is 292 g/mol. The zero-order valence-electron chi connectivity index (χ0n) is 11.9. The molecule has 0 radical (unpaired) electrons. The molecule has 20 heavy (non-hydrogen) atoms. The molecule has 0 aliphatic heterocycles. The lowest BCUT2D eigenvalue weighted by atomic mass is 10.1. The summed E-state index contributed by atoms with van der Waals surface area (Å²) >= 11 is 0. The molecule has 0 N–H and O–H groups in total. The molecule has 0 saturated heterocycles. The molecule has 0 heterocycles. The van der Waals surface area contributed by atoms with E-state index in [-0.39, 0.29) is 23.5 Å². The van der Waals surface area contributed by atoms with Crippen molar-refractivity contribution in [2.75, 3.05) is 6.61 Å². The van der Waals surface area contributed by atoms with Crippen molar-refractivity contribution in [3.8, 4) is 0 Å². The summed E-state index contributed by atoms with van der Waals surface area (Å²) in [6, 6.07) is 6.53. The van der Waals surface area contributed by atoms with Gasteiger partial charge in [-0.25, -0.2) is 9.59 Å². The minimum absolute atomic E-state index is 0.000230. The van der Waals surface area contributed by atoms with E-state index in [0.29, 0.717) is 0 Å². The predicted molar refractivity (Wildman–Crippen MR) is 80.8 cm³/mol. The number of esters is 2. The zero-order valence-corrected chi connectivity index (χ0v) is 13.3. The molecule has 108 valence electrons. The number of carbonyl (C=O) groups is 2. The summed E-state index contributed by atoms with van der Waals surface area (Å²) in [6.07, 6.45) is 2.28. The molecule has 1 aromatic carbocycles.